The van der Waals surface area contributed by atoms with Crippen LogP contribution in [-0.4, -0.2) is 10.8 Å². The van der Waals surface area contributed by atoms with E-state index < -0.39 is 0 Å². The number of aryl methyl sites for hydroxylation is 1. The van der Waals surface area contributed by atoms with E-state index in [-0.39, 0.29) is 0 Å². The number of benzene rings is 2. The fourth-order valence-electron chi connectivity index (χ4n) is 3.16. The van der Waals surface area contributed by atoms with Gasteiger partial charge in [0.25, 0.3) is 0 Å². The highest BCUT2D eigenvalue weighted by Gasteiger charge is 2.14. The van der Waals surface area contributed by atoms with Gasteiger partial charge in [0, 0.05) is 15.7 Å². The summed E-state index contributed by atoms with van der Waals surface area (Å²) in [6, 6.07) is 14.0. The molecule has 0 atom stereocenters. The number of rotatable bonds is 6. The van der Waals surface area contributed by atoms with E-state index in [0.29, 0.717) is 10.0 Å². The lowest BCUT2D eigenvalue weighted by Gasteiger charge is -2.20. The van der Waals surface area contributed by atoms with Gasteiger partial charge in [0.2, 0.25) is 0 Å². The molecule has 0 spiro atoms. The zero-order chi connectivity index (χ0) is 19.8. The Morgan fingerprint density at radius 2 is 1.82 bits per heavy atom. The molecule has 0 N–H and O–H groups in total. The highest BCUT2D eigenvalue weighted by atomic mass is 35.5. The maximum Gasteiger partial charge on any atom is 0.0972 e. The molecule has 0 aromatic heterocycles. The second kappa shape index (κ2) is 11.3. The molecule has 1 aliphatic carbocycles. The fraction of sp³-hybridized carbons (Fsp3) is 0.348. The van der Waals surface area contributed by atoms with Crippen LogP contribution in [0, 0.1) is 12.8 Å². The Kier molecular flexibility index (Phi) is 8.85. The van der Waals surface area contributed by atoms with Crippen molar-refractivity contribution in [3.05, 3.63) is 69.6 Å². The van der Waals surface area contributed by atoms with Gasteiger partial charge in [-0.1, -0.05) is 71.9 Å². The van der Waals surface area contributed by atoms with Crippen molar-refractivity contribution < 1.29 is 0 Å². The van der Waals surface area contributed by atoms with Crippen molar-refractivity contribution in [2.24, 2.45) is 10.9 Å². The minimum atomic E-state index is 0.656. The van der Waals surface area contributed by atoms with Gasteiger partial charge in [-0.25, -0.2) is 4.99 Å². The van der Waals surface area contributed by atoms with Gasteiger partial charge in [0.1, 0.15) is 0 Å². The number of halogens is 2. The Morgan fingerprint density at radius 3 is 2.54 bits per heavy atom. The summed E-state index contributed by atoms with van der Waals surface area (Å²) in [7, 11) is 0. The smallest absolute Gasteiger partial charge is 0.0972 e. The van der Waals surface area contributed by atoms with Gasteiger partial charge < -0.3 is 0 Å². The van der Waals surface area contributed by atoms with Crippen molar-refractivity contribution in [2.45, 2.75) is 43.9 Å². The van der Waals surface area contributed by atoms with Gasteiger partial charge in [-0.05, 0) is 67.5 Å². The molecule has 1 nitrogen and oxygen atoms in total. The normalized spacial score (nSPS) is 16.0. The first kappa shape index (κ1) is 21.8. The summed E-state index contributed by atoms with van der Waals surface area (Å²) in [6.07, 6.45) is 8.94. The van der Waals surface area contributed by atoms with Crippen LogP contribution < -0.4 is 0 Å². The lowest BCUT2D eigenvalue weighted by molar-refractivity contribution is 0.391. The molecule has 0 unspecified atom stereocenters. The predicted octanol–water partition coefficient (Wildman–Crippen LogP) is 8.95. The van der Waals surface area contributed by atoms with Crippen molar-refractivity contribution in [1.29, 1.82) is 0 Å². The average Bonchev–Trinajstić information content (AvgIpc) is 2.70. The van der Waals surface area contributed by atoms with Crippen molar-refractivity contribution in [1.82, 2.24) is 0 Å². The lowest BCUT2D eigenvalue weighted by atomic mass is 9.91. The van der Waals surface area contributed by atoms with E-state index in [1.807, 2.05) is 23.9 Å². The first-order valence-corrected chi connectivity index (χ1v) is 12.3. The average molecular weight is 451 g/mol. The molecule has 5 heteroatoms. The van der Waals surface area contributed by atoms with Crippen molar-refractivity contribution >= 4 is 57.5 Å². The van der Waals surface area contributed by atoms with Gasteiger partial charge >= 0.3 is 0 Å². The molecule has 2 aromatic rings. The van der Waals surface area contributed by atoms with Gasteiger partial charge in [-0.2, -0.15) is 0 Å². The van der Waals surface area contributed by atoms with Crippen LogP contribution in [0.25, 0.3) is 0 Å². The summed E-state index contributed by atoms with van der Waals surface area (Å²) < 4.78 is 0. The SMILES string of the molecule is Cc1ccc(N=C(C=CSc2ccc(Cl)cc2Cl)SCC2CCCCC2)cc1. The molecule has 0 bridgehead atoms. The lowest BCUT2D eigenvalue weighted by Crippen LogP contribution is -2.09. The van der Waals surface area contributed by atoms with Crippen LogP contribution in [-0.2, 0) is 0 Å². The summed E-state index contributed by atoms with van der Waals surface area (Å²) in [5.74, 6) is 1.95. The van der Waals surface area contributed by atoms with E-state index in [4.69, 9.17) is 28.2 Å². The quantitative estimate of drug-likeness (QED) is 0.247. The van der Waals surface area contributed by atoms with E-state index in [1.165, 1.54) is 37.7 Å². The minimum absolute atomic E-state index is 0.656. The molecule has 0 aliphatic heterocycles. The topological polar surface area (TPSA) is 12.4 Å². The van der Waals surface area contributed by atoms with Crippen LogP contribution in [0.2, 0.25) is 10.0 Å². The largest absolute Gasteiger partial charge is 0.242 e. The third-order valence-corrected chi connectivity index (χ3v) is 7.47. The molecule has 28 heavy (non-hydrogen) atoms. The van der Waals surface area contributed by atoms with Crippen LogP contribution in [0.15, 0.2) is 63.8 Å². The zero-order valence-corrected chi connectivity index (χ0v) is 19.2. The molecule has 1 fully saturated rings. The van der Waals surface area contributed by atoms with E-state index in [9.17, 15) is 0 Å². The molecule has 148 valence electrons. The predicted molar refractivity (Wildman–Crippen MR) is 129 cm³/mol. The Hall–Kier alpha value is -0.870. The van der Waals surface area contributed by atoms with Gasteiger partial charge in [-0.3, -0.25) is 0 Å². The summed E-state index contributed by atoms with van der Waals surface area (Å²) in [5, 5.41) is 4.44. The van der Waals surface area contributed by atoms with Crippen molar-refractivity contribution in [3.63, 3.8) is 0 Å². The standard InChI is InChI=1S/C23H25Cl2NS2/c1-17-7-10-20(11-8-17)26-23(28-16-18-5-3-2-4-6-18)13-14-27-22-12-9-19(24)15-21(22)25/h7-15,18H,2-6,16H2,1H3. The molecule has 0 radical (unpaired) electrons. The Balaban J connectivity index is 1.69. The molecule has 2 aromatic carbocycles. The molecule has 0 amide bonds. The van der Waals surface area contributed by atoms with Crippen LogP contribution in [0.1, 0.15) is 37.7 Å². The van der Waals surface area contributed by atoms with Gasteiger partial charge in [0.15, 0.2) is 0 Å². The third kappa shape index (κ3) is 7.18. The summed E-state index contributed by atoms with van der Waals surface area (Å²) in [4.78, 5) is 5.87. The maximum absolute atomic E-state index is 6.28. The number of hydrogen-bond donors (Lipinski definition) is 0. The summed E-state index contributed by atoms with van der Waals surface area (Å²) in [5.41, 5.74) is 2.25. The summed E-state index contributed by atoms with van der Waals surface area (Å²) in [6.45, 7) is 2.10. The first-order valence-electron chi connectivity index (χ1n) is 9.66. The number of nitrogens with zero attached hydrogens (tertiary/aromatic N) is 1. The Morgan fingerprint density at radius 1 is 1.07 bits per heavy atom. The maximum atomic E-state index is 6.28. The highest BCUT2D eigenvalue weighted by molar-refractivity contribution is 8.14. The number of thioether (sulfide) groups is 2. The Labute approximate surface area is 187 Å². The minimum Gasteiger partial charge on any atom is -0.242 e. The monoisotopic (exact) mass is 449 g/mol. The first-order chi connectivity index (χ1) is 13.6. The van der Waals surface area contributed by atoms with Gasteiger partial charge in [-0.15, -0.1) is 11.8 Å². The highest BCUT2D eigenvalue weighted by Crippen LogP contribution is 2.32. The Bertz CT molecular complexity index is 825. The third-order valence-electron chi connectivity index (χ3n) is 4.76. The van der Waals surface area contributed by atoms with Crippen LogP contribution in [0.5, 0.6) is 0 Å². The zero-order valence-electron chi connectivity index (χ0n) is 16.0. The molecular formula is C23H25Cl2NS2. The molecular weight excluding hydrogens is 425 g/mol. The van der Waals surface area contributed by atoms with Gasteiger partial charge in [0.05, 0.1) is 15.8 Å². The number of aliphatic imine (C=N–C) groups is 1. The molecule has 3 rings (SSSR count). The second-order valence-electron chi connectivity index (χ2n) is 7.10. The van der Waals surface area contributed by atoms with Crippen LogP contribution in [0.4, 0.5) is 5.69 Å². The van der Waals surface area contributed by atoms with Crippen molar-refractivity contribution in [3.8, 4) is 0 Å². The second-order valence-corrected chi connectivity index (χ2v) is 9.93. The van der Waals surface area contributed by atoms with E-state index in [1.54, 1.807) is 17.8 Å². The van der Waals surface area contributed by atoms with E-state index in [0.717, 1.165) is 27.3 Å². The molecule has 0 heterocycles. The fourth-order valence-corrected chi connectivity index (χ4v) is 5.52. The summed E-state index contributed by atoms with van der Waals surface area (Å²) >= 11 is 15.7. The van der Waals surface area contributed by atoms with Crippen molar-refractivity contribution in [2.75, 3.05) is 5.75 Å². The molecule has 1 aliphatic rings. The molecule has 0 saturated heterocycles. The van der Waals surface area contributed by atoms with Crippen LogP contribution in [0.3, 0.4) is 0 Å². The molecule has 1 saturated carbocycles. The number of hydrogen-bond acceptors (Lipinski definition) is 3. The van der Waals surface area contributed by atoms with E-state index in [2.05, 4.69) is 42.7 Å². The van der Waals surface area contributed by atoms with Crippen LogP contribution >= 0.6 is 46.7 Å². The van der Waals surface area contributed by atoms with E-state index >= 15 is 0 Å².